The quantitative estimate of drug-likeness (QED) is 0.249. The number of nitrogens with zero attached hydrogens (tertiary/aromatic N) is 3. The van der Waals surface area contributed by atoms with Gasteiger partial charge in [-0.25, -0.2) is 0 Å². The monoisotopic (exact) mass is 641 g/mol. The van der Waals surface area contributed by atoms with Crippen molar-refractivity contribution < 1.29 is 38.1 Å². The van der Waals surface area contributed by atoms with Gasteiger partial charge in [0.05, 0.1) is 89.6 Å². The summed E-state index contributed by atoms with van der Waals surface area (Å²) in [5, 5.41) is 11.4. The Morgan fingerprint density at radius 2 is 1.39 bits per heavy atom. The molecule has 1 spiro atoms. The van der Waals surface area contributed by atoms with E-state index in [9.17, 15) is 10.1 Å². The molecule has 0 amide bonds. The fourth-order valence-electron chi connectivity index (χ4n) is 6.15. The van der Waals surface area contributed by atoms with Crippen molar-refractivity contribution in [3.8, 4) is 5.75 Å². The summed E-state index contributed by atoms with van der Waals surface area (Å²) in [5.41, 5.74) is 1.78. The molecule has 0 N–H and O–H groups in total. The summed E-state index contributed by atoms with van der Waals surface area (Å²) >= 11 is 0. The molecule has 0 bridgehead atoms. The largest absolute Gasteiger partial charge is 0.463 e. The molecule has 0 aromatic heterocycles. The van der Waals surface area contributed by atoms with E-state index >= 15 is 0 Å². The van der Waals surface area contributed by atoms with E-state index in [1.54, 1.807) is 12.1 Å². The van der Waals surface area contributed by atoms with E-state index in [2.05, 4.69) is 35.8 Å². The van der Waals surface area contributed by atoms with Crippen LogP contribution in [-0.2, 0) is 33.8 Å². The zero-order valence-corrected chi connectivity index (χ0v) is 27.0. The van der Waals surface area contributed by atoms with Gasteiger partial charge in [0.2, 0.25) is 5.72 Å². The first kappa shape index (κ1) is 34.2. The van der Waals surface area contributed by atoms with Gasteiger partial charge in [-0.2, -0.15) is 0 Å². The SMILES string of the molecule is CC1(C)c2ccccc2N(CCOCCN2CCOCCOCCOCCOCCOCC2)C12C=Cc1cc([N+](=O)[O-])ccc1O2. The van der Waals surface area contributed by atoms with Gasteiger partial charge >= 0.3 is 0 Å². The van der Waals surface area contributed by atoms with Crippen molar-refractivity contribution in [1.82, 2.24) is 4.90 Å². The topological polar surface area (TPSA) is 114 Å². The molecule has 1 saturated heterocycles. The van der Waals surface area contributed by atoms with Crippen molar-refractivity contribution in [3.63, 3.8) is 0 Å². The minimum Gasteiger partial charge on any atom is -0.463 e. The number of nitro groups is 1. The Labute approximate surface area is 271 Å². The summed E-state index contributed by atoms with van der Waals surface area (Å²) in [7, 11) is 0. The molecular formula is C34H47N3O9. The molecule has 12 heteroatoms. The average Bonchev–Trinajstić information content (AvgIpc) is 3.23. The molecule has 252 valence electrons. The molecule has 46 heavy (non-hydrogen) atoms. The van der Waals surface area contributed by atoms with E-state index in [0.717, 1.165) is 25.3 Å². The van der Waals surface area contributed by atoms with Gasteiger partial charge < -0.3 is 38.1 Å². The number of hydrogen-bond acceptors (Lipinski definition) is 11. The average molecular weight is 642 g/mol. The highest BCUT2D eigenvalue weighted by Gasteiger charge is 2.58. The van der Waals surface area contributed by atoms with Gasteiger partial charge in [0.1, 0.15) is 5.75 Å². The maximum absolute atomic E-state index is 11.4. The highest BCUT2D eigenvalue weighted by Crippen LogP contribution is 2.54. The molecule has 0 radical (unpaired) electrons. The van der Waals surface area contributed by atoms with E-state index in [1.807, 2.05) is 24.3 Å². The van der Waals surface area contributed by atoms with Crippen LogP contribution in [-0.4, -0.2) is 121 Å². The minimum atomic E-state index is -0.817. The van der Waals surface area contributed by atoms with Crippen LogP contribution in [0.5, 0.6) is 5.75 Å². The Kier molecular flexibility index (Phi) is 12.4. The lowest BCUT2D eigenvalue weighted by atomic mass is 9.76. The Morgan fingerprint density at radius 3 is 2.02 bits per heavy atom. The summed E-state index contributed by atoms with van der Waals surface area (Å²) in [6, 6.07) is 13.1. The normalized spacial score (nSPS) is 23.2. The molecule has 3 aliphatic heterocycles. The molecule has 1 unspecified atom stereocenters. The standard InChI is InChI=1S/C34H47N3O9/c1-33(2)30-5-3-4-6-31(30)36(34(33)10-9-28-27-29(37(38)39)7-8-32(28)46-34)14-18-40-15-11-35-12-16-41-19-21-43-23-25-45-26-24-44-22-20-42-17-13-35/h3-10,27H,11-26H2,1-2H3. The first-order valence-electron chi connectivity index (χ1n) is 16.1. The van der Waals surface area contributed by atoms with Crippen molar-refractivity contribution in [2.75, 3.05) is 110 Å². The predicted molar refractivity (Wildman–Crippen MR) is 174 cm³/mol. The Hall–Kier alpha value is -3.10. The summed E-state index contributed by atoms with van der Waals surface area (Å²) in [4.78, 5) is 15.5. The van der Waals surface area contributed by atoms with Crippen LogP contribution in [0, 0.1) is 10.1 Å². The van der Waals surface area contributed by atoms with E-state index in [4.69, 9.17) is 33.2 Å². The fraction of sp³-hybridized carbons (Fsp3) is 0.588. The predicted octanol–water partition coefficient (Wildman–Crippen LogP) is 3.91. The van der Waals surface area contributed by atoms with Crippen molar-refractivity contribution >= 4 is 17.5 Å². The Bertz CT molecular complexity index is 1290. The molecule has 1 atom stereocenters. The third kappa shape index (κ3) is 8.24. The molecule has 0 saturated carbocycles. The summed E-state index contributed by atoms with van der Waals surface area (Å²) in [6.07, 6.45) is 3.98. The fourth-order valence-corrected chi connectivity index (χ4v) is 6.15. The molecule has 2 aromatic rings. The van der Waals surface area contributed by atoms with Crippen LogP contribution in [0.1, 0.15) is 25.0 Å². The van der Waals surface area contributed by atoms with Gasteiger partial charge in [-0.05, 0) is 43.7 Å². The van der Waals surface area contributed by atoms with Crippen LogP contribution in [0.15, 0.2) is 48.5 Å². The van der Waals surface area contributed by atoms with Crippen LogP contribution < -0.4 is 9.64 Å². The number of non-ortho nitro benzene ring substituents is 1. The van der Waals surface area contributed by atoms with Crippen LogP contribution in [0.4, 0.5) is 11.4 Å². The second kappa shape index (κ2) is 16.6. The third-order valence-corrected chi connectivity index (χ3v) is 8.73. The van der Waals surface area contributed by atoms with E-state index in [-0.39, 0.29) is 10.6 Å². The number of para-hydroxylation sites is 1. The number of nitro benzene ring substituents is 1. The lowest BCUT2D eigenvalue weighted by molar-refractivity contribution is -0.384. The number of hydrogen-bond donors (Lipinski definition) is 0. The van der Waals surface area contributed by atoms with Crippen LogP contribution in [0.2, 0.25) is 0 Å². The van der Waals surface area contributed by atoms with Crippen molar-refractivity contribution in [2.24, 2.45) is 0 Å². The highest BCUT2D eigenvalue weighted by molar-refractivity contribution is 5.73. The van der Waals surface area contributed by atoms with E-state index in [1.165, 1.54) is 11.6 Å². The van der Waals surface area contributed by atoms with E-state index in [0.29, 0.717) is 97.1 Å². The molecule has 0 aliphatic carbocycles. The minimum absolute atomic E-state index is 0.0405. The van der Waals surface area contributed by atoms with Crippen molar-refractivity contribution in [2.45, 2.75) is 25.0 Å². The van der Waals surface area contributed by atoms with Gasteiger partial charge in [0.25, 0.3) is 5.69 Å². The first-order valence-corrected chi connectivity index (χ1v) is 16.1. The lowest BCUT2D eigenvalue weighted by Gasteiger charge is -2.47. The zero-order chi connectivity index (χ0) is 32.2. The Morgan fingerprint density at radius 1 is 0.804 bits per heavy atom. The zero-order valence-electron chi connectivity index (χ0n) is 27.0. The number of anilines is 1. The summed E-state index contributed by atoms with van der Waals surface area (Å²) in [6.45, 7) is 13.8. The maximum atomic E-state index is 11.4. The molecule has 2 aromatic carbocycles. The molecule has 3 aliphatic rings. The number of rotatable bonds is 7. The smallest absolute Gasteiger partial charge is 0.270 e. The van der Waals surface area contributed by atoms with Gasteiger partial charge in [-0.15, -0.1) is 0 Å². The van der Waals surface area contributed by atoms with Crippen LogP contribution in [0.3, 0.4) is 0 Å². The molecule has 1 fully saturated rings. The van der Waals surface area contributed by atoms with Crippen molar-refractivity contribution in [1.29, 1.82) is 0 Å². The third-order valence-electron chi connectivity index (χ3n) is 8.73. The van der Waals surface area contributed by atoms with Gasteiger partial charge in [0.15, 0.2) is 0 Å². The second-order valence-corrected chi connectivity index (χ2v) is 11.9. The molecule has 3 heterocycles. The highest BCUT2D eigenvalue weighted by atomic mass is 16.6. The van der Waals surface area contributed by atoms with Gasteiger partial charge in [-0.1, -0.05) is 18.2 Å². The number of ether oxygens (including phenoxy) is 7. The summed E-state index contributed by atoms with van der Waals surface area (Å²) < 4.78 is 41.2. The lowest BCUT2D eigenvalue weighted by Crippen LogP contribution is -2.60. The van der Waals surface area contributed by atoms with Crippen molar-refractivity contribution in [3.05, 3.63) is 69.8 Å². The van der Waals surface area contributed by atoms with Gasteiger partial charge in [-0.3, -0.25) is 15.0 Å². The van der Waals surface area contributed by atoms with Gasteiger partial charge in [0, 0.05) is 49.6 Å². The number of benzene rings is 2. The maximum Gasteiger partial charge on any atom is 0.270 e. The molecule has 5 rings (SSSR count). The Balaban J connectivity index is 1.17. The van der Waals surface area contributed by atoms with E-state index < -0.39 is 11.1 Å². The first-order chi connectivity index (χ1) is 22.4. The second-order valence-electron chi connectivity index (χ2n) is 11.9. The van der Waals surface area contributed by atoms with Crippen LogP contribution in [0.25, 0.3) is 6.08 Å². The number of fused-ring (bicyclic) bond motifs is 2. The molecule has 12 nitrogen and oxygen atoms in total. The molecular weight excluding hydrogens is 594 g/mol. The van der Waals surface area contributed by atoms with Crippen LogP contribution >= 0.6 is 0 Å². The summed E-state index contributed by atoms with van der Waals surface area (Å²) in [5.74, 6) is 0.621.